The number of halogens is 1. The summed E-state index contributed by atoms with van der Waals surface area (Å²) in [5.41, 5.74) is 8.38. The Balaban J connectivity index is 1.76. The van der Waals surface area contributed by atoms with Crippen molar-refractivity contribution in [2.45, 2.75) is 44.9 Å². The smallest absolute Gasteiger partial charge is 0.139 e. The third-order valence-electron chi connectivity index (χ3n) is 5.27. The summed E-state index contributed by atoms with van der Waals surface area (Å²) >= 11 is 0. The van der Waals surface area contributed by atoms with Gasteiger partial charge < -0.3 is 5.73 Å². The van der Waals surface area contributed by atoms with Crippen molar-refractivity contribution < 1.29 is 9.18 Å². The number of carbonyl (C=O) groups excluding carboxylic acids is 1. The number of ketones is 1. The van der Waals surface area contributed by atoms with Gasteiger partial charge in [-0.25, -0.2) is 4.39 Å². The molecule has 1 fully saturated rings. The average Bonchev–Trinajstić information content (AvgIpc) is 2.59. The molecule has 1 aliphatic carbocycles. The second-order valence-electron chi connectivity index (χ2n) is 7.18. The third-order valence-corrected chi connectivity index (χ3v) is 5.27. The minimum absolute atomic E-state index is 0.0128. The van der Waals surface area contributed by atoms with Gasteiger partial charge >= 0.3 is 0 Å². The summed E-state index contributed by atoms with van der Waals surface area (Å²) < 4.78 is 14.0. The topological polar surface area (TPSA) is 43.1 Å². The van der Waals surface area contributed by atoms with Gasteiger partial charge in [-0.3, -0.25) is 4.79 Å². The molecule has 25 heavy (non-hydrogen) atoms. The normalized spacial score (nSPS) is 21.6. The van der Waals surface area contributed by atoms with Gasteiger partial charge in [-0.2, -0.15) is 0 Å². The van der Waals surface area contributed by atoms with Gasteiger partial charge in [0.25, 0.3) is 0 Å². The Hall–Kier alpha value is -2.16. The van der Waals surface area contributed by atoms with Crippen molar-refractivity contribution in [2.75, 3.05) is 5.73 Å². The molecule has 0 aliphatic heterocycles. The summed E-state index contributed by atoms with van der Waals surface area (Å²) in [4.78, 5) is 13.1. The van der Waals surface area contributed by atoms with Gasteiger partial charge in [0.1, 0.15) is 11.6 Å². The van der Waals surface area contributed by atoms with Crippen molar-refractivity contribution in [1.29, 1.82) is 0 Å². The molecule has 1 aliphatic rings. The minimum atomic E-state index is -0.204. The van der Waals surface area contributed by atoms with Gasteiger partial charge in [-0.05, 0) is 55.0 Å². The molecule has 0 radical (unpaired) electrons. The first kappa shape index (κ1) is 17.7. The Kier molecular flexibility index (Phi) is 5.85. The molecule has 2 N–H and O–H groups in total. The monoisotopic (exact) mass is 339 g/mol. The molecule has 0 bridgehead atoms. The quantitative estimate of drug-likeness (QED) is 0.800. The van der Waals surface area contributed by atoms with E-state index < -0.39 is 0 Å². The number of nitrogens with two attached hydrogens (primary N) is 1. The Morgan fingerprint density at radius 3 is 2.36 bits per heavy atom. The predicted molar refractivity (Wildman–Crippen MR) is 99.7 cm³/mol. The molecule has 0 aromatic heterocycles. The summed E-state index contributed by atoms with van der Waals surface area (Å²) in [5, 5.41) is 0. The van der Waals surface area contributed by atoms with Crippen LogP contribution in [0.4, 0.5) is 10.1 Å². The average molecular weight is 339 g/mol. The van der Waals surface area contributed by atoms with Crippen LogP contribution < -0.4 is 5.73 Å². The fourth-order valence-electron chi connectivity index (χ4n) is 3.92. The second-order valence-corrected chi connectivity index (χ2v) is 7.18. The Morgan fingerprint density at radius 2 is 1.64 bits per heavy atom. The van der Waals surface area contributed by atoms with Gasteiger partial charge in [0.05, 0.1) is 0 Å². The summed E-state index contributed by atoms with van der Waals surface area (Å²) in [6.07, 6.45) is 6.31. The first-order valence-corrected chi connectivity index (χ1v) is 9.25. The highest BCUT2D eigenvalue weighted by atomic mass is 19.1. The van der Waals surface area contributed by atoms with Crippen molar-refractivity contribution in [3.8, 4) is 0 Å². The van der Waals surface area contributed by atoms with Crippen LogP contribution in [0.1, 0.15) is 43.2 Å². The van der Waals surface area contributed by atoms with Crippen LogP contribution in [0.5, 0.6) is 0 Å². The second kappa shape index (κ2) is 8.28. The van der Waals surface area contributed by atoms with E-state index in [4.69, 9.17) is 5.73 Å². The number of carbonyl (C=O) groups is 1. The van der Waals surface area contributed by atoms with Crippen LogP contribution in [0.25, 0.3) is 0 Å². The van der Waals surface area contributed by atoms with Crippen LogP contribution in [0.3, 0.4) is 0 Å². The number of hydrogen-bond acceptors (Lipinski definition) is 2. The molecule has 3 heteroatoms. The van der Waals surface area contributed by atoms with Crippen molar-refractivity contribution >= 4 is 11.5 Å². The van der Waals surface area contributed by atoms with Gasteiger partial charge in [0.15, 0.2) is 0 Å². The molecule has 2 atom stereocenters. The zero-order valence-electron chi connectivity index (χ0n) is 14.6. The third kappa shape index (κ3) is 4.68. The van der Waals surface area contributed by atoms with Gasteiger partial charge in [0.2, 0.25) is 0 Å². The first-order valence-electron chi connectivity index (χ1n) is 9.25. The largest absolute Gasteiger partial charge is 0.399 e. The maximum Gasteiger partial charge on any atom is 0.139 e. The highest BCUT2D eigenvalue weighted by Gasteiger charge is 2.29. The van der Waals surface area contributed by atoms with Crippen molar-refractivity contribution in [3.63, 3.8) is 0 Å². The molecule has 2 nitrogen and oxygen atoms in total. The van der Waals surface area contributed by atoms with Crippen LogP contribution in [0, 0.1) is 17.7 Å². The molecular formula is C22H26FNO. The van der Waals surface area contributed by atoms with Gasteiger partial charge in [-0.15, -0.1) is 0 Å². The summed E-state index contributed by atoms with van der Waals surface area (Å²) in [5.74, 6) is 0.0252. The molecule has 132 valence electrons. The van der Waals surface area contributed by atoms with Crippen LogP contribution in [0.2, 0.25) is 0 Å². The lowest BCUT2D eigenvalue weighted by atomic mass is 9.78. The first-order chi connectivity index (χ1) is 12.1. The molecular weight excluding hydrogens is 313 g/mol. The molecule has 0 spiro atoms. The molecule has 1 saturated carbocycles. The number of rotatable bonds is 4. The van der Waals surface area contributed by atoms with Gasteiger partial charge in [-0.1, -0.05) is 49.6 Å². The Labute approximate surface area is 149 Å². The molecule has 0 saturated heterocycles. The fraction of sp³-hybridized carbons (Fsp3) is 0.409. The SMILES string of the molecule is Nc1cccc(CC2CCCCCC(Cc3ccccc3F)C2=O)c1. The van der Waals surface area contributed by atoms with E-state index in [9.17, 15) is 9.18 Å². The number of nitrogen functional groups attached to an aromatic ring is 1. The summed E-state index contributed by atoms with van der Waals surface area (Å²) in [7, 11) is 0. The zero-order valence-corrected chi connectivity index (χ0v) is 14.6. The Bertz CT molecular complexity index is 727. The molecule has 2 aromatic carbocycles. The highest BCUT2D eigenvalue weighted by Crippen LogP contribution is 2.29. The highest BCUT2D eigenvalue weighted by molar-refractivity contribution is 5.84. The van der Waals surface area contributed by atoms with Crippen LogP contribution in [-0.2, 0) is 17.6 Å². The molecule has 2 aromatic rings. The lowest BCUT2D eigenvalue weighted by Crippen LogP contribution is -2.28. The molecule has 3 rings (SSSR count). The lowest BCUT2D eigenvalue weighted by Gasteiger charge is -2.25. The number of Topliss-reactive ketones (excluding diaryl/α,β-unsaturated/α-hetero) is 1. The van der Waals surface area contributed by atoms with E-state index in [1.54, 1.807) is 12.1 Å². The maximum atomic E-state index is 14.0. The molecule has 0 heterocycles. The number of anilines is 1. The number of hydrogen-bond donors (Lipinski definition) is 1. The van der Waals surface area contributed by atoms with E-state index in [0.717, 1.165) is 49.8 Å². The fourth-order valence-corrected chi connectivity index (χ4v) is 3.92. The lowest BCUT2D eigenvalue weighted by molar-refractivity contribution is -0.127. The van der Waals surface area contributed by atoms with E-state index >= 15 is 0 Å². The van der Waals surface area contributed by atoms with E-state index in [1.807, 2.05) is 30.3 Å². The van der Waals surface area contributed by atoms with Crippen LogP contribution in [0.15, 0.2) is 48.5 Å². The minimum Gasteiger partial charge on any atom is -0.399 e. The maximum absolute atomic E-state index is 14.0. The van der Waals surface area contributed by atoms with E-state index in [2.05, 4.69) is 0 Å². The van der Waals surface area contributed by atoms with Crippen molar-refractivity contribution in [1.82, 2.24) is 0 Å². The van der Waals surface area contributed by atoms with E-state index in [1.165, 1.54) is 6.07 Å². The standard InChI is InChI=1S/C22H26FNO/c23-21-12-5-4-8-17(21)15-19-10-3-1-2-9-18(22(19)25)13-16-7-6-11-20(24)14-16/h4-8,11-12,14,18-19H,1-3,9-10,13,15,24H2. The summed E-state index contributed by atoms with van der Waals surface area (Å²) in [6, 6.07) is 14.6. The van der Waals surface area contributed by atoms with Crippen LogP contribution >= 0.6 is 0 Å². The predicted octanol–water partition coefficient (Wildman–Crippen LogP) is 4.96. The molecule has 0 amide bonds. The van der Waals surface area contributed by atoms with E-state index in [0.29, 0.717) is 17.8 Å². The van der Waals surface area contributed by atoms with E-state index in [-0.39, 0.29) is 17.7 Å². The molecule has 2 unspecified atom stereocenters. The number of benzene rings is 2. The van der Waals surface area contributed by atoms with Crippen molar-refractivity contribution in [3.05, 3.63) is 65.5 Å². The Morgan fingerprint density at radius 1 is 0.920 bits per heavy atom. The zero-order chi connectivity index (χ0) is 17.6. The van der Waals surface area contributed by atoms with Crippen molar-refractivity contribution in [2.24, 2.45) is 11.8 Å². The summed E-state index contributed by atoms with van der Waals surface area (Å²) in [6.45, 7) is 0. The van der Waals surface area contributed by atoms with Gasteiger partial charge in [0, 0.05) is 17.5 Å². The van der Waals surface area contributed by atoms with Crippen LogP contribution in [-0.4, -0.2) is 5.78 Å².